The first-order chi connectivity index (χ1) is 15.5. The molecule has 0 N–H and O–H groups in total. The van der Waals surface area contributed by atoms with Crippen LogP contribution in [0.15, 0.2) is 48.5 Å². The summed E-state index contributed by atoms with van der Waals surface area (Å²) in [5.74, 6) is -0.417. The van der Waals surface area contributed by atoms with Gasteiger partial charge in [0.15, 0.2) is 0 Å². The van der Waals surface area contributed by atoms with Crippen molar-refractivity contribution < 1.29 is 13.6 Å². The molecule has 3 aromatic rings. The van der Waals surface area contributed by atoms with Gasteiger partial charge in [-0.1, -0.05) is 25.1 Å². The Morgan fingerprint density at radius 3 is 2.53 bits per heavy atom. The lowest BCUT2D eigenvalue weighted by molar-refractivity contribution is -0.131. The maximum absolute atomic E-state index is 14.2. The van der Waals surface area contributed by atoms with Crippen molar-refractivity contribution >= 4 is 5.91 Å². The van der Waals surface area contributed by atoms with E-state index in [-0.39, 0.29) is 17.5 Å². The van der Waals surface area contributed by atoms with Gasteiger partial charge in [0.2, 0.25) is 5.91 Å². The van der Waals surface area contributed by atoms with Gasteiger partial charge in [0.1, 0.15) is 11.6 Å². The lowest BCUT2D eigenvalue weighted by Crippen LogP contribution is -2.33. The van der Waals surface area contributed by atoms with E-state index in [0.29, 0.717) is 38.2 Å². The van der Waals surface area contributed by atoms with Crippen LogP contribution in [0.4, 0.5) is 8.78 Å². The van der Waals surface area contributed by atoms with Crippen molar-refractivity contribution in [1.29, 1.82) is 0 Å². The van der Waals surface area contributed by atoms with Gasteiger partial charge in [-0.15, -0.1) is 0 Å². The normalized spacial score (nSPS) is 13.8. The molecule has 1 amide bonds. The average Bonchev–Trinajstić information content (AvgIpc) is 3.16. The van der Waals surface area contributed by atoms with Gasteiger partial charge in [-0.3, -0.25) is 9.69 Å². The number of nitrogens with zero attached hydrogens (tertiary/aromatic N) is 4. The standard InChI is InChI=1S/C25H28F2N4O/c1-3-25(32)30(4-2)17-23-21-16-29(15-18-7-5-6-8-22(18)27)14-13-24(21)31(28-23)20-11-9-19(26)10-12-20/h5-12H,3-4,13-17H2,1-2H3. The number of rotatable bonds is 7. The van der Waals surface area contributed by atoms with Crippen LogP contribution in [0.3, 0.4) is 0 Å². The first-order valence-corrected chi connectivity index (χ1v) is 11.1. The number of fused-ring (bicyclic) bond motifs is 1. The fraction of sp³-hybridized carbons (Fsp3) is 0.360. The zero-order valence-corrected chi connectivity index (χ0v) is 18.5. The van der Waals surface area contributed by atoms with Crippen LogP contribution in [-0.4, -0.2) is 38.6 Å². The lowest BCUT2D eigenvalue weighted by Gasteiger charge is -2.28. The Labute approximate surface area is 187 Å². The van der Waals surface area contributed by atoms with E-state index in [2.05, 4.69) is 4.90 Å². The van der Waals surface area contributed by atoms with Crippen LogP contribution in [-0.2, 0) is 30.8 Å². The molecule has 5 nitrogen and oxygen atoms in total. The number of hydrogen-bond acceptors (Lipinski definition) is 3. The smallest absolute Gasteiger partial charge is 0.222 e. The molecule has 7 heteroatoms. The second kappa shape index (κ2) is 9.61. The Bertz CT molecular complexity index is 1090. The molecule has 0 saturated carbocycles. The summed E-state index contributed by atoms with van der Waals surface area (Å²) in [5.41, 5.74) is 4.43. The summed E-state index contributed by atoms with van der Waals surface area (Å²) in [7, 11) is 0. The summed E-state index contributed by atoms with van der Waals surface area (Å²) in [4.78, 5) is 16.4. The summed E-state index contributed by atoms with van der Waals surface area (Å²) >= 11 is 0. The van der Waals surface area contributed by atoms with Crippen LogP contribution in [0.25, 0.3) is 5.69 Å². The van der Waals surface area contributed by atoms with Crippen molar-refractivity contribution in [3.63, 3.8) is 0 Å². The summed E-state index contributed by atoms with van der Waals surface area (Å²) < 4.78 is 29.5. The Morgan fingerprint density at radius 2 is 1.84 bits per heavy atom. The highest BCUT2D eigenvalue weighted by Crippen LogP contribution is 2.28. The van der Waals surface area contributed by atoms with Gasteiger partial charge in [0, 0.05) is 50.1 Å². The van der Waals surface area contributed by atoms with Crippen molar-refractivity contribution in [3.05, 3.63) is 82.7 Å². The molecule has 0 unspecified atom stereocenters. The Kier molecular flexibility index (Phi) is 6.65. The molecule has 1 aliphatic heterocycles. The molecule has 168 valence electrons. The summed E-state index contributed by atoms with van der Waals surface area (Å²) in [6.07, 6.45) is 1.18. The van der Waals surface area contributed by atoms with E-state index in [9.17, 15) is 13.6 Å². The van der Waals surface area contributed by atoms with Crippen molar-refractivity contribution in [2.45, 2.75) is 46.3 Å². The maximum Gasteiger partial charge on any atom is 0.222 e. The molecule has 0 fully saturated rings. The Morgan fingerprint density at radius 1 is 1.09 bits per heavy atom. The summed E-state index contributed by atoms with van der Waals surface area (Å²) in [6, 6.07) is 13.1. The van der Waals surface area contributed by atoms with E-state index in [1.807, 2.05) is 30.7 Å². The van der Waals surface area contributed by atoms with E-state index in [1.165, 1.54) is 18.2 Å². The molecule has 32 heavy (non-hydrogen) atoms. The van der Waals surface area contributed by atoms with E-state index in [4.69, 9.17) is 5.10 Å². The molecule has 2 aromatic carbocycles. The van der Waals surface area contributed by atoms with Gasteiger partial charge in [-0.2, -0.15) is 5.10 Å². The highest BCUT2D eigenvalue weighted by Gasteiger charge is 2.27. The van der Waals surface area contributed by atoms with Crippen molar-refractivity contribution in [1.82, 2.24) is 19.6 Å². The molecular formula is C25H28F2N4O. The minimum absolute atomic E-state index is 0.0802. The third-order valence-electron chi connectivity index (χ3n) is 6.02. The van der Waals surface area contributed by atoms with Crippen molar-refractivity contribution in [3.8, 4) is 5.69 Å². The number of benzene rings is 2. The number of halogens is 2. The summed E-state index contributed by atoms with van der Waals surface area (Å²) in [6.45, 7) is 6.74. The topological polar surface area (TPSA) is 41.4 Å². The van der Waals surface area contributed by atoms with E-state index in [0.717, 1.165) is 35.6 Å². The minimum Gasteiger partial charge on any atom is -0.337 e. The van der Waals surface area contributed by atoms with Gasteiger partial charge in [-0.05, 0) is 37.3 Å². The van der Waals surface area contributed by atoms with Crippen LogP contribution in [0.5, 0.6) is 0 Å². The number of carbonyl (C=O) groups is 1. The van der Waals surface area contributed by atoms with Gasteiger partial charge in [-0.25, -0.2) is 13.5 Å². The molecule has 2 heterocycles. The highest BCUT2D eigenvalue weighted by atomic mass is 19.1. The molecule has 1 aromatic heterocycles. The molecule has 1 aliphatic rings. The van der Waals surface area contributed by atoms with Crippen LogP contribution < -0.4 is 0 Å². The molecule has 0 radical (unpaired) electrons. The zero-order valence-electron chi connectivity index (χ0n) is 18.5. The lowest BCUT2D eigenvalue weighted by atomic mass is 10.0. The molecule has 0 spiro atoms. The molecule has 0 atom stereocenters. The van der Waals surface area contributed by atoms with Crippen LogP contribution >= 0.6 is 0 Å². The second-order valence-electron chi connectivity index (χ2n) is 8.07. The monoisotopic (exact) mass is 438 g/mol. The minimum atomic E-state index is -0.295. The SMILES string of the molecule is CCC(=O)N(CC)Cc1nn(-c2ccc(F)cc2)c2c1CN(Cc1ccccc1F)CC2. The van der Waals surface area contributed by atoms with E-state index < -0.39 is 0 Å². The number of amides is 1. The summed E-state index contributed by atoms with van der Waals surface area (Å²) in [5, 5.41) is 4.85. The van der Waals surface area contributed by atoms with Crippen LogP contribution in [0.1, 0.15) is 42.8 Å². The molecule has 0 bridgehead atoms. The van der Waals surface area contributed by atoms with E-state index >= 15 is 0 Å². The second-order valence-corrected chi connectivity index (χ2v) is 8.07. The number of aromatic nitrogens is 2. The van der Waals surface area contributed by atoms with Gasteiger partial charge < -0.3 is 4.90 Å². The first kappa shape index (κ1) is 22.1. The van der Waals surface area contributed by atoms with Crippen molar-refractivity contribution in [2.75, 3.05) is 13.1 Å². The average molecular weight is 439 g/mol. The van der Waals surface area contributed by atoms with Crippen LogP contribution in [0, 0.1) is 11.6 Å². The van der Waals surface area contributed by atoms with Gasteiger partial charge >= 0.3 is 0 Å². The number of hydrogen-bond donors (Lipinski definition) is 0. The first-order valence-electron chi connectivity index (χ1n) is 11.1. The predicted molar refractivity (Wildman–Crippen MR) is 119 cm³/mol. The predicted octanol–water partition coefficient (Wildman–Crippen LogP) is 4.47. The highest BCUT2D eigenvalue weighted by molar-refractivity contribution is 5.75. The third-order valence-corrected chi connectivity index (χ3v) is 6.02. The largest absolute Gasteiger partial charge is 0.337 e. The van der Waals surface area contributed by atoms with Crippen molar-refractivity contribution in [2.24, 2.45) is 0 Å². The Hall–Kier alpha value is -3.06. The fourth-order valence-corrected chi connectivity index (χ4v) is 4.25. The van der Waals surface area contributed by atoms with E-state index in [1.54, 1.807) is 23.1 Å². The molecule has 4 rings (SSSR count). The van der Waals surface area contributed by atoms with Gasteiger partial charge in [0.25, 0.3) is 0 Å². The molecule has 0 aliphatic carbocycles. The Balaban J connectivity index is 1.68. The third kappa shape index (κ3) is 4.58. The van der Waals surface area contributed by atoms with Gasteiger partial charge in [0.05, 0.1) is 23.6 Å². The van der Waals surface area contributed by atoms with Crippen LogP contribution in [0.2, 0.25) is 0 Å². The number of carbonyl (C=O) groups excluding carboxylic acids is 1. The quantitative estimate of drug-likeness (QED) is 0.547. The molecular weight excluding hydrogens is 410 g/mol. The molecule has 0 saturated heterocycles. The maximum atomic E-state index is 14.2. The fourth-order valence-electron chi connectivity index (χ4n) is 4.25. The zero-order chi connectivity index (χ0) is 22.7.